The van der Waals surface area contributed by atoms with Crippen LogP contribution in [0.5, 0.6) is 5.75 Å². The van der Waals surface area contributed by atoms with Crippen molar-refractivity contribution in [3.8, 4) is 5.75 Å². The minimum Gasteiger partial charge on any atom is -0.489 e. The fourth-order valence-corrected chi connectivity index (χ4v) is 8.58. The molecule has 0 aromatic heterocycles. The zero-order chi connectivity index (χ0) is 33.1. The first-order valence-electron chi connectivity index (χ1n) is 16.3. The van der Waals surface area contributed by atoms with E-state index in [1.165, 1.54) is 0 Å². The molecule has 2 heterocycles. The summed E-state index contributed by atoms with van der Waals surface area (Å²) in [6.45, 7) is 4.97. The number of nitrogens with one attached hydrogen (secondary N) is 2. The molecule has 2 aliphatic rings. The molecule has 242 valence electrons. The second-order valence-corrected chi connectivity index (χ2v) is 14.6. The molecule has 0 aliphatic carbocycles. The van der Waals surface area contributed by atoms with Crippen LogP contribution in [-0.2, 0) is 28.3 Å². The van der Waals surface area contributed by atoms with Crippen LogP contribution in [0.2, 0.25) is 0 Å². The molecule has 7 rings (SSSR count). The number of amides is 2. The van der Waals surface area contributed by atoms with Crippen LogP contribution in [0.3, 0.4) is 0 Å². The van der Waals surface area contributed by atoms with E-state index in [2.05, 4.69) is 60.9 Å². The molecule has 2 N–H and O–H groups in total. The van der Waals surface area contributed by atoms with Crippen molar-refractivity contribution in [2.24, 2.45) is 0 Å². The number of carbonyl (C=O) groups is 2. The van der Waals surface area contributed by atoms with Gasteiger partial charge in [0.1, 0.15) is 29.8 Å². The number of carbonyl (C=O) groups excluding carboxylic acids is 2. The van der Waals surface area contributed by atoms with E-state index in [1.54, 1.807) is 16.7 Å². The monoisotopic (exact) mass is 653 g/mol. The molecule has 6 nitrogen and oxygen atoms in total. The summed E-state index contributed by atoms with van der Waals surface area (Å²) in [5, 5.41) is 6.78. The van der Waals surface area contributed by atoms with Crippen molar-refractivity contribution in [2.75, 3.05) is 0 Å². The summed E-state index contributed by atoms with van der Waals surface area (Å²) in [5.74, 6) is 0.560. The molecular formula is C41H39N3O3S. The summed E-state index contributed by atoms with van der Waals surface area (Å²) in [5.41, 5.74) is 4.42. The fourth-order valence-electron chi connectivity index (χ4n) is 6.95. The van der Waals surface area contributed by atoms with Crippen LogP contribution in [0.4, 0.5) is 0 Å². The molecular weight excluding hydrogens is 615 g/mol. The highest BCUT2D eigenvalue weighted by Crippen LogP contribution is 2.52. The summed E-state index contributed by atoms with van der Waals surface area (Å²) >= 11 is 1.68. The molecule has 2 saturated heterocycles. The topological polar surface area (TPSA) is 70.7 Å². The van der Waals surface area contributed by atoms with Gasteiger partial charge in [-0.1, -0.05) is 133 Å². The molecule has 2 amide bonds. The predicted molar refractivity (Wildman–Crippen MR) is 191 cm³/mol. The maximum atomic E-state index is 14.1. The van der Waals surface area contributed by atoms with Gasteiger partial charge in [0.25, 0.3) is 0 Å². The average Bonchev–Trinajstić information content (AvgIpc) is 3.39. The normalized spacial score (nSPS) is 19.7. The van der Waals surface area contributed by atoms with Gasteiger partial charge in [-0.25, -0.2) is 0 Å². The molecule has 0 saturated carbocycles. The third-order valence-electron chi connectivity index (χ3n) is 9.32. The molecule has 2 unspecified atom stereocenters. The lowest BCUT2D eigenvalue weighted by Crippen LogP contribution is -2.73. The summed E-state index contributed by atoms with van der Waals surface area (Å²) < 4.78 is 5.43. The number of β-lactam (4-membered cyclic amide) rings is 1. The van der Waals surface area contributed by atoms with Crippen molar-refractivity contribution in [2.45, 2.75) is 54.7 Å². The number of benzene rings is 5. The van der Waals surface area contributed by atoms with Gasteiger partial charge in [-0.2, -0.15) is 0 Å². The lowest BCUT2D eigenvalue weighted by molar-refractivity contribution is -0.154. The molecule has 0 radical (unpaired) electrons. The second kappa shape index (κ2) is 13.3. The zero-order valence-electron chi connectivity index (χ0n) is 27.1. The summed E-state index contributed by atoms with van der Waals surface area (Å²) in [6.07, 6.45) is 0. The minimum absolute atomic E-state index is 0.0645. The number of thioether (sulfide) groups is 1. The molecule has 7 heteroatoms. The highest BCUT2D eigenvalue weighted by atomic mass is 32.2. The third-order valence-corrected chi connectivity index (χ3v) is 10.9. The van der Waals surface area contributed by atoms with E-state index in [0.717, 1.165) is 33.6 Å². The van der Waals surface area contributed by atoms with Crippen molar-refractivity contribution >= 4 is 23.6 Å². The van der Waals surface area contributed by atoms with Crippen LogP contribution in [0.1, 0.15) is 41.7 Å². The van der Waals surface area contributed by atoms with Gasteiger partial charge in [0, 0.05) is 11.3 Å². The smallest absolute Gasteiger partial charge is 0.244 e. The Morgan fingerprint density at radius 1 is 0.729 bits per heavy atom. The molecule has 0 bridgehead atoms. The first-order valence-corrected chi connectivity index (χ1v) is 17.2. The number of rotatable bonds is 11. The largest absolute Gasteiger partial charge is 0.489 e. The van der Waals surface area contributed by atoms with Gasteiger partial charge >= 0.3 is 0 Å². The standard InChI is InChI=1S/C41H39N3O3S/c1-40(2)36(37(45)42-27-29-23-25-34(26-24-29)47-28-30-15-7-3-8-16-30)44-38(46)35(39(44)48-40)43-41(31-17-9-4-10-18-31,32-19-11-5-12-20-32)33-21-13-6-14-22-33/h3-26,35-36,39,43H,27-28H2,1-2H3,(H,42,45)/t35?,36?,39-/m1/s1. The number of hydrogen-bond acceptors (Lipinski definition) is 5. The molecule has 3 atom stereocenters. The van der Waals surface area contributed by atoms with Gasteiger partial charge in [-0.3, -0.25) is 14.9 Å². The van der Waals surface area contributed by atoms with E-state index in [4.69, 9.17) is 4.74 Å². The zero-order valence-corrected chi connectivity index (χ0v) is 27.9. The quantitative estimate of drug-likeness (QED) is 0.120. The maximum Gasteiger partial charge on any atom is 0.244 e. The first-order chi connectivity index (χ1) is 23.4. The van der Waals surface area contributed by atoms with Crippen LogP contribution in [0, 0.1) is 0 Å². The minimum atomic E-state index is -0.780. The van der Waals surface area contributed by atoms with E-state index in [9.17, 15) is 9.59 Å². The van der Waals surface area contributed by atoms with Gasteiger partial charge in [0.15, 0.2) is 0 Å². The Labute approximate surface area is 286 Å². The highest BCUT2D eigenvalue weighted by Gasteiger charge is 2.64. The summed E-state index contributed by atoms with van der Waals surface area (Å²) in [4.78, 5) is 29.7. The summed E-state index contributed by atoms with van der Waals surface area (Å²) in [6, 6.07) is 47.6. The molecule has 2 fully saturated rings. The lowest BCUT2D eigenvalue weighted by atomic mass is 9.76. The van der Waals surface area contributed by atoms with E-state index in [-0.39, 0.29) is 17.2 Å². The van der Waals surface area contributed by atoms with Crippen LogP contribution in [-0.4, -0.2) is 38.9 Å². The lowest BCUT2D eigenvalue weighted by Gasteiger charge is -2.49. The van der Waals surface area contributed by atoms with E-state index >= 15 is 0 Å². The predicted octanol–water partition coefficient (Wildman–Crippen LogP) is 6.89. The van der Waals surface area contributed by atoms with Gasteiger partial charge in [-0.05, 0) is 53.8 Å². The van der Waals surface area contributed by atoms with E-state index < -0.39 is 22.4 Å². The molecule has 0 spiro atoms. The average molecular weight is 654 g/mol. The molecule has 48 heavy (non-hydrogen) atoms. The highest BCUT2D eigenvalue weighted by molar-refractivity contribution is 8.01. The van der Waals surface area contributed by atoms with Crippen molar-refractivity contribution in [1.29, 1.82) is 0 Å². The number of hydrogen-bond donors (Lipinski definition) is 2. The Hall–Kier alpha value is -4.85. The van der Waals surface area contributed by atoms with Crippen molar-refractivity contribution in [1.82, 2.24) is 15.5 Å². The number of ether oxygens (including phenoxy) is 1. The van der Waals surface area contributed by atoms with Crippen LogP contribution in [0.15, 0.2) is 146 Å². The van der Waals surface area contributed by atoms with Gasteiger partial charge in [0.05, 0.1) is 5.54 Å². The van der Waals surface area contributed by atoms with E-state index in [1.807, 2.05) is 109 Å². The summed E-state index contributed by atoms with van der Waals surface area (Å²) in [7, 11) is 0. The van der Waals surface area contributed by atoms with E-state index in [0.29, 0.717) is 13.2 Å². The number of fused-ring (bicyclic) bond motifs is 1. The maximum absolute atomic E-state index is 14.1. The van der Waals surface area contributed by atoms with Crippen LogP contribution < -0.4 is 15.4 Å². The van der Waals surface area contributed by atoms with Crippen LogP contribution >= 0.6 is 11.8 Å². The Kier molecular flexibility index (Phi) is 8.82. The van der Waals surface area contributed by atoms with Crippen LogP contribution in [0.25, 0.3) is 0 Å². The first kappa shape index (κ1) is 31.7. The Balaban J connectivity index is 1.08. The van der Waals surface area contributed by atoms with Crippen molar-refractivity contribution in [3.05, 3.63) is 173 Å². The van der Waals surface area contributed by atoms with Gasteiger partial charge < -0.3 is 15.0 Å². The molecule has 5 aromatic rings. The second-order valence-electron chi connectivity index (χ2n) is 12.9. The third kappa shape index (κ3) is 6.00. The van der Waals surface area contributed by atoms with Crippen molar-refractivity contribution in [3.63, 3.8) is 0 Å². The molecule has 5 aromatic carbocycles. The number of nitrogens with zero attached hydrogens (tertiary/aromatic N) is 1. The van der Waals surface area contributed by atoms with Crippen molar-refractivity contribution < 1.29 is 14.3 Å². The molecule has 2 aliphatic heterocycles. The van der Waals surface area contributed by atoms with Gasteiger partial charge in [0.2, 0.25) is 11.8 Å². The SMILES string of the molecule is CC1(C)S[C@@H]2C(NC(c3ccccc3)(c3ccccc3)c3ccccc3)C(=O)N2C1C(=O)NCc1ccc(OCc2ccccc2)cc1. The Morgan fingerprint density at radius 3 is 1.75 bits per heavy atom. The Morgan fingerprint density at radius 2 is 1.23 bits per heavy atom. The van der Waals surface area contributed by atoms with Gasteiger partial charge in [-0.15, -0.1) is 11.8 Å². The fraction of sp³-hybridized carbons (Fsp3) is 0.220. The Bertz CT molecular complexity index is 1760.